The Morgan fingerprint density at radius 3 is 2.77 bits per heavy atom. The number of phenols is 1. The molecule has 0 aliphatic carbocycles. The molecule has 0 unspecified atom stereocenters. The predicted molar refractivity (Wildman–Crippen MR) is 99.4 cm³/mol. The average molecular weight is 373 g/mol. The lowest BCUT2D eigenvalue weighted by Crippen LogP contribution is -2.34. The molecule has 2 rings (SSSR count). The zero-order valence-electron chi connectivity index (χ0n) is 14.7. The van der Waals surface area contributed by atoms with Gasteiger partial charge < -0.3 is 15.2 Å². The van der Waals surface area contributed by atoms with Gasteiger partial charge in [0.05, 0.1) is 11.6 Å². The summed E-state index contributed by atoms with van der Waals surface area (Å²) in [6.07, 6.45) is 1.64. The van der Waals surface area contributed by atoms with Crippen molar-refractivity contribution >= 4 is 28.9 Å². The summed E-state index contributed by atoms with van der Waals surface area (Å²) in [4.78, 5) is 24.8. The Bertz CT molecular complexity index is 1040. The molecule has 136 valence electrons. The first-order valence-electron chi connectivity index (χ1n) is 7.97. The number of thiazole rings is 1. The van der Waals surface area contributed by atoms with Crippen LogP contribution in [0.2, 0.25) is 0 Å². The van der Waals surface area contributed by atoms with E-state index < -0.39 is 5.91 Å². The highest BCUT2D eigenvalue weighted by Crippen LogP contribution is 2.26. The van der Waals surface area contributed by atoms with Gasteiger partial charge in [-0.2, -0.15) is 5.26 Å². The van der Waals surface area contributed by atoms with E-state index in [4.69, 9.17) is 4.74 Å². The van der Waals surface area contributed by atoms with Crippen LogP contribution in [0.3, 0.4) is 0 Å². The number of rotatable bonds is 5. The van der Waals surface area contributed by atoms with E-state index in [9.17, 15) is 20.0 Å². The number of nitrogens with zero attached hydrogens (tertiary/aromatic N) is 2. The number of hydrogen-bond donors (Lipinski definition) is 2. The zero-order valence-corrected chi connectivity index (χ0v) is 15.5. The fraction of sp³-hybridized carbons (Fsp3) is 0.278. The van der Waals surface area contributed by atoms with Crippen molar-refractivity contribution in [3.05, 3.63) is 43.3 Å². The van der Waals surface area contributed by atoms with Gasteiger partial charge in [0.25, 0.3) is 11.5 Å². The SMILES string of the molecule is CCNC(=O)/C(C#N)=c1\sc(=Cc2ccc(O)c(OC)c2)c(=O)n1CC. The molecule has 0 spiro atoms. The molecule has 26 heavy (non-hydrogen) atoms. The second-order valence-corrected chi connectivity index (χ2v) is 6.27. The van der Waals surface area contributed by atoms with Crippen LogP contribution in [0.4, 0.5) is 0 Å². The minimum absolute atomic E-state index is 0.00109. The lowest BCUT2D eigenvalue weighted by atomic mass is 10.2. The molecule has 7 nitrogen and oxygen atoms in total. The van der Waals surface area contributed by atoms with Crippen LogP contribution in [0, 0.1) is 11.3 Å². The van der Waals surface area contributed by atoms with Crippen LogP contribution >= 0.6 is 11.3 Å². The summed E-state index contributed by atoms with van der Waals surface area (Å²) in [5.74, 6) is -0.215. The van der Waals surface area contributed by atoms with Crippen molar-refractivity contribution in [2.45, 2.75) is 20.4 Å². The molecule has 8 heteroatoms. The van der Waals surface area contributed by atoms with Gasteiger partial charge in [-0.1, -0.05) is 6.07 Å². The summed E-state index contributed by atoms with van der Waals surface area (Å²) in [6.45, 7) is 4.25. The van der Waals surface area contributed by atoms with Gasteiger partial charge in [0, 0.05) is 13.1 Å². The van der Waals surface area contributed by atoms with Crippen molar-refractivity contribution in [3.63, 3.8) is 0 Å². The van der Waals surface area contributed by atoms with Gasteiger partial charge in [0.1, 0.15) is 10.7 Å². The van der Waals surface area contributed by atoms with Gasteiger partial charge in [-0.3, -0.25) is 14.2 Å². The first-order valence-corrected chi connectivity index (χ1v) is 8.79. The number of amides is 1. The molecular weight excluding hydrogens is 354 g/mol. The number of methoxy groups -OCH3 is 1. The van der Waals surface area contributed by atoms with Crippen LogP contribution in [0.5, 0.6) is 11.5 Å². The standard InChI is InChI=1S/C18H19N3O4S/c1-4-20-16(23)12(10-19)18-21(5-2)17(24)15(26-18)9-11-6-7-13(22)14(8-11)25-3/h6-9,22H,4-5H2,1-3H3,(H,20,23)/b15-9?,18-12-. The largest absolute Gasteiger partial charge is 0.504 e. The average Bonchev–Trinajstić information content (AvgIpc) is 2.93. The third kappa shape index (κ3) is 3.78. The first-order chi connectivity index (χ1) is 12.5. The Kier molecular flexibility index (Phi) is 6.20. The third-order valence-corrected chi connectivity index (χ3v) is 4.75. The number of phenolic OH excluding ortho intramolecular Hbond substituents is 1. The summed E-state index contributed by atoms with van der Waals surface area (Å²) in [7, 11) is 1.44. The van der Waals surface area contributed by atoms with Gasteiger partial charge in [-0.15, -0.1) is 11.3 Å². The number of aromatic nitrogens is 1. The Hall–Kier alpha value is -3.05. The van der Waals surface area contributed by atoms with E-state index in [2.05, 4.69) is 5.32 Å². The maximum absolute atomic E-state index is 12.7. The Balaban J connectivity index is 2.74. The molecule has 2 N–H and O–H groups in total. The van der Waals surface area contributed by atoms with Crippen LogP contribution in [-0.4, -0.2) is 29.2 Å². The second kappa shape index (κ2) is 8.36. The van der Waals surface area contributed by atoms with Crippen LogP contribution in [-0.2, 0) is 11.3 Å². The Morgan fingerprint density at radius 1 is 1.46 bits per heavy atom. The maximum atomic E-state index is 12.7. The number of aromatic hydroxyl groups is 1. The fourth-order valence-electron chi connectivity index (χ4n) is 2.37. The normalized spacial score (nSPS) is 12.5. The van der Waals surface area contributed by atoms with E-state index in [0.29, 0.717) is 27.8 Å². The highest BCUT2D eigenvalue weighted by Gasteiger charge is 2.14. The Labute approximate surface area is 154 Å². The smallest absolute Gasteiger partial charge is 0.269 e. The van der Waals surface area contributed by atoms with Crippen molar-refractivity contribution in [2.75, 3.05) is 13.7 Å². The quantitative estimate of drug-likeness (QED) is 0.784. The maximum Gasteiger partial charge on any atom is 0.269 e. The van der Waals surface area contributed by atoms with Gasteiger partial charge in [0.2, 0.25) is 0 Å². The number of carbonyl (C=O) groups excluding carboxylic acids is 1. The monoisotopic (exact) mass is 373 g/mol. The van der Waals surface area contributed by atoms with Gasteiger partial charge in [0.15, 0.2) is 17.1 Å². The van der Waals surface area contributed by atoms with E-state index in [1.165, 1.54) is 17.7 Å². The molecule has 0 aliphatic rings. The van der Waals surface area contributed by atoms with Crippen molar-refractivity contribution in [2.24, 2.45) is 0 Å². The molecular formula is C18H19N3O4S. The van der Waals surface area contributed by atoms with E-state index in [0.717, 1.165) is 11.3 Å². The Morgan fingerprint density at radius 2 is 2.19 bits per heavy atom. The topological polar surface area (TPSA) is 104 Å². The third-order valence-electron chi connectivity index (χ3n) is 3.62. The lowest BCUT2D eigenvalue weighted by molar-refractivity contribution is -0.115. The summed E-state index contributed by atoms with van der Waals surface area (Å²) in [6, 6.07) is 6.61. The molecule has 0 saturated carbocycles. The molecule has 1 heterocycles. The van der Waals surface area contributed by atoms with Gasteiger partial charge >= 0.3 is 0 Å². The van der Waals surface area contributed by atoms with Gasteiger partial charge in [-0.25, -0.2) is 0 Å². The molecule has 2 aromatic rings. The van der Waals surface area contributed by atoms with E-state index in [-0.39, 0.29) is 22.6 Å². The van der Waals surface area contributed by atoms with Crippen LogP contribution in [0.1, 0.15) is 19.4 Å². The first kappa shape index (κ1) is 19.3. The van der Waals surface area contributed by atoms with Crippen molar-refractivity contribution < 1.29 is 14.6 Å². The minimum atomic E-state index is -0.503. The van der Waals surface area contributed by atoms with Crippen molar-refractivity contribution in [1.29, 1.82) is 5.26 Å². The number of nitriles is 1. The molecule has 0 bridgehead atoms. The highest BCUT2D eigenvalue weighted by atomic mass is 32.1. The molecule has 1 aromatic heterocycles. The fourth-order valence-corrected chi connectivity index (χ4v) is 3.54. The second-order valence-electron chi connectivity index (χ2n) is 5.24. The molecule has 0 atom stereocenters. The van der Waals surface area contributed by atoms with E-state index in [1.54, 1.807) is 32.1 Å². The molecule has 0 saturated heterocycles. The number of hydrogen-bond acceptors (Lipinski definition) is 6. The number of benzene rings is 1. The zero-order chi connectivity index (χ0) is 19.3. The molecule has 1 aromatic carbocycles. The summed E-state index contributed by atoms with van der Waals surface area (Å²) >= 11 is 1.08. The molecule has 1 amide bonds. The number of carbonyl (C=O) groups is 1. The van der Waals surface area contributed by atoms with E-state index in [1.807, 2.05) is 6.07 Å². The molecule has 0 aliphatic heterocycles. The van der Waals surface area contributed by atoms with Crippen LogP contribution in [0.15, 0.2) is 23.0 Å². The number of nitrogens with one attached hydrogen (secondary N) is 1. The number of ether oxygens (including phenoxy) is 1. The van der Waals surface area contributed by atoms with Crippen LogP contribution < -0.4 is 24.8 Å². The minimum Gasteiger partial charge on any atom is -0.504 e. The molecule has 0 fully saturated rings. The van der Waals surface area contributed by atoms with Crippen molar-refractivity contribution in [1.82, 2.24) is 9.88 Å². The molecule has 0 radical (unpaired) electrons. The summed E-state index contributed by atoms with van der Waals surface area (Å²) in [5.41, 5.74) is 0.291. The lowest BCUT2D eigenvalue weighted by Gasteiger charge is -2.03. The van der Waals surface area contributed by atoms with E-state index >= 15 is 0 Å². The van der Waals surface area contributed by atoms with Crippen LogP contribution in [0.25, 0.3) is 11.6 Å². The van der Waals surface area contributed by atoms with Crippen molar-refractivity contribution in [3.8, 4) is 17.6 Å². The summed E-state index contributed by atoms with van der Waals surface area (Å²) < 4.78 is 7.18. The summed E-state index contributed by atoms with van der Waals surface area (Å²) in [5, 5.41) is 21.6. The van der Waals surface area contributed by atoms with Gasteiger partial charge in [-0.05, 0) is 37.6 Å². The predicted octanol–water partition coefficient (Wildman–Crippen LogP) is 0.283. The highest BCUT2D eigenvalue weighted by molar-refractivity contribution is 7.07.